The summed E-state index contributed by atoms with van der Waals surface area (Å²) in [5.41, 5.74) is 7.08. The number of nitrogens with zero attached hydrogens (tertiary/aromatic N) is 3. The average molecular weight is 401 g/mol. The molecule has 0 bridgehead atoms. The molecule has 1 fully saturated rings. The second kappa shape index (κ2) is 7.63. The molecule has 1 saturated heterocycles. The minimum atomic E-state index is -0.122. The molecular formula is C25H28N4O. The first-order chi connectivity index (χ1) is 14.6. The fourth-order valence-corrected chi connectivity index (χ4v) is 4.74. The van der Waals surface area contributed by atoms with Crippen molar-refractivity contribution >= 4 is 17.3 Å². The molecule has 1 atom stereocenters. The Morgan fingerprint density at radius 2 is 1.90 bits per heavy atom. The molecule has 0 radical (unpaired) electrons. The summed E-state index contributed by atoms with van der Waals surface area (Å²) < 4.78 is 1.98. The van der Waals surface area contributed by atoms with Crippen LogP contribution in [0.1, 0.15) is 47.1 Å². The second-order valence-electron chi connectivity index (χ2n) is 8.67. The summed E-state index contributed by atoms with van der Waals surface area (Å²) in [6.45, 7) is 6.59. The van der Waals surface area contributed by atoms with Crippen LogP contribution in [0.15, 0.2) is 48.5 Å². The number of nitrogens with one attached hydrogen (secondary N) is 1. The third-order valence-electron chi connectivity index (χ3n) is 6.40. The lowest BCUT2D eigenvalue weighted by Crippen LogP contribution is -2.19. The lowest BCUT2D eigenvalue weighted by molar-refractivity contribution is 0.102. The van der Waals surface area contributed by atoms with Crippen LogP contribution in [0.5, 0.6) is 0 Å². The highest BCUT2D eigenvalue weighted by molar-refractivity contribution is 6.04. The number of carbonyl (C=O) groups excluding carboxylic acids is 1. The highest BCUT2D eigenvalue weighted by Gasteiger charge is 2.27. The minimum Gasteiger partial charge on any atom is -0.371 e. The van der Waals surface area contributed by atoms with E-state index < -0.39 is 0 Å². The van der Waals surface area contributed by atoms with Crippen LogP contribution in [-0.4, -0.2) is 28.8 Å². The molecule has 0 spiro atoms. The Hall–Kier alpha value is -3.08. The summed E-state index contributed by atoms with van der Waals surface area (Å²) in [4.78, 5) is 15.5. The molecule has 2 aromatic carbocycles. The van der Waals surface area contributed by atoms with Gasteiger partial charge in [0.1, 0.15) is 0 Å². The van der Waals surface area contributed by atoms with E-state index in [-0.39, 0.29) is 5.91 Å². The van der Waals surface area contributed by atoms with Gasteiger partial charge in [0, 0.05) is 35.7 Å². The van der Waals surface area contributed by atoms with Gasteiger partial charge in [0.2, 0.25) is 0 Å². The van der Waals surface area contributed by atoms with Crippen LogP contribution in [-0.2, 0) is 12.8 Å². The van der Waals surface area contributed by atoms with Crippen molar-refractivity contribution in [3.8, 4) is 5.69 Å². The van der Waals surface area contributed by atoms with E-state index in [9.17, 15) is 4.79 Å². The third kappa shape index (κ3) is 3.38. The maximum atomic E-state index is 13.1. The van der Waals surface area contributed by atoms with Crippen LogP contribution in [0.25, 0.3) is 5.69 Å². The molecule has 1 amide bonds. The first-order valence-electron chi connectivity index (χ1n) is 10.9. The van der Waals surface area contributed by atoms with E-state index >= 15 is 0 Å². The van der Waals surface area contributed by atoms with Gasteiger partial charge in [-0.05, 0) is 74.4 Å². The zero-order valence-corrected chi connectivity index (χ0v) is 17.7. The zero-order valence-electron chi connectivity index (χ0n) is 17.7. The molecule has 1 aromatic heterocycles. The van der Waals surface area contributed by atoms with Crippen molar-refractivity contribution < 1.29 is 4.79 Å². The second-order valence-corrected chi connectivity index (χ2v) is 8.67. The number of fused-ring (bicyclic) bond motifs is 1. The predicted octanol–water partition coefficient (Wildman–Crippen LogP) is 4.77. The predicted molar refractivity (Wildman–Crippen MR) is 121 cm³/mol. The largest absolute Gasteiger partial charge is 0.371 e. The number of para-hydroxylation sites is 1. The van der Waals surface area contributed by atoms with Gasteiger partial charge in [-0.25, -0.2) is 4.68 Å². The summed E-state index contributed by atoms with van der Waals surface area (Å²) in [6.07, 6.45) is 4.19. The fourth-order valence-electron chi connectivity index (χ4n) is 4.74. The molecule has 5 heteroatoms. The van der Waals surface area contributed by atoms with Crippen LogP contribution in [0, 0.1) is 12.8 Å². The number of benzene rings is 2. The van der Waals surface area contributed by atoms with E-state index in [1.54, 1.807) is 0 Å². The van der Waals surface area contributed by atoms with E-state index in [1.165, 1.54) is 17.8 Å². The topological polar surface area (TPSA) is 50.2 Å². The van der Waals surface area contributed by atoms with Crippen molar-refractivity contribution in [2.75, 3.05) is 23.3 Å². The Labute approximate surface area is 177 Å². The molecule has 5 nitrogen and oxygen atoms in total. The number of aromatic nitrogens is 2. The monoisotopic (exact) mass is 400 g/mol. The van der Waals surface area contributed by atoms with Gasteiger partial charge in [0.05, 0.1) is 5.69 Å². The summed E-state index contributed by atoms with van der Waals surface area (Å²) >= 11 is 0. The van der Waals surface area contributed by atoms with Gasteiger partial charge < -0.3 is 10.2 Å². The third-order valence-corrected chi connectivity index (χ3v) is 6.40. The van der Waals surface area contributed by atoms with Crippen LogP contribution < -0.4 is 10.2 Å². The number of rotatable bonds is 4. The molecule has 2 heterocycles. The highest BCUT2D eigenvalue weighted by atomic mass is 16.2. The van der Waals surface area contributed by atoms with Crippen LogP contribution >= 0.6 is 0 Å². The maximum absolute atomic E-state index is 13.1. The van der Waals surface area contributed by atoms with E-state index in [2.05, 4.69) is 48.3 Å². The quantitative estimate of drug-likeness (QED) is 0.686. The molecule has 1 N–H and O–H groups in total. The smallest absolute Gasteiger partial charge is 0.276 e. The number of amides is 1. The van der Waals surface area contributed by atoms with Crippen molar-refractivity contribution in [2.45, 2.75) is 39.5 Å². The normalized spacial score (nSPS) is 17.9. The lowest BCUT2D eigenvalue weighted by atomic mass is 10.1. The van der Waals surface area contributed by atoms with Crippen LogP contribution in [0.3, 0.4) is 0 Å². The van der Waals surface area contributed by atoms with Gasteiger partial charge in [0.25, 0.3) is 5.91 Å². The molecule has 1 unspecified atom stereocenters. The Balaban J connectivity index is 1.38. The number of hydrogen-bond donors (Lipinski definition) is 1. The minimum absolute atomic E-state index is 0.122. The van der Waals surface area contributed by atoms with Crippen molar-refractivity contribution in [1.82, 2.24) is 9.78 Å². The first kappa shape index (κ1) is 18.9. The molecule has 1 aliphatic carbocycles. The molecule has 0 saturated carbocycles. The molecule has 5 rings (SSSR count). The Kier molecular flexibility index (Phi) is 4.81. The number of hydrogen-bond acceptors (Lipinski definition) is 3. The molecule has 2 aliphatic rings. The van der Waals surface area contributed by atoms with Crippen molar-refractivity contribution in [3.05, 3.63) is 71.0 Å². The van der Waals surface area contributed by atoms with Crippen molar-refractivity contribution in [3.63, 3.8) is 0 Å². The first-order valence-corrected chi connectivity index (χ1v) is 10.9. The molecule has 154 valence electrons. The van der Waals surface area contributed by atoms with Gasteiger partial charge in [-0.15, -0.1) is 0 Å². The molecule has 1 aliphatic heterocycles. The average Bonchev–Trinajstić information content (AvgIpc) is 3.46. The van der Waals surface area contributed by atoms with Crippen LogP contribution in [0.2, 0.25) is 0 Å². The Morgan fingerprint density at radius 1 is 1.10 bits per heavy atom. The SMILES string of the molecule is Cc1ccccc1-n1nc(C(=O)Nc2ccc(N3CCC(C)C3)cc2)c2c1CCC2. The summed E-state index contributed by atoms with van der Waals surface area (Å²) in [7, 11) is 0. The van der Waals surface area contributed by atoms with Gasteiger partial charge in [-0.2, -0.15) is 5.10 Å². The Bertz CT molecular complexity index is 1080. The standard InChI is InChI=1S/C25H28N4O/c1-17-14-15-28(16-17)20-12-10-19(11-13-20)26-25(30)24-21-7-5-9-23(21)29(27-24)22-8-4-3-6-18(22)2/h3-4,6,8,10-13,17H,5,7,9,14-16H2,1-2H3,(H,26,30). The van der Waals surface area contributed by atoms with Gasteiger partial charge in [-0.3, -0.25) is 4.79 Å². The van der Waals surface area contributed by atoms with Crippen molar-refractivity contribution in [1.29, 1.82) is 0 Å². The molecule has 30 heavy (non-hydrogen) atoms. The maximum Gasteiger partial charge on any atom is 0.276 e. The summed E-state index contributed by atoms with van der Waals surface area (Å²) in [5, 5.41) is 7.80. The van der Waals surface area contributed by atoms with Gasteiger partial charge >= 0.3 is 0 Å². The van der Waals surface area contributed by atoms with Crippen LogP contribution in [0.4, 0.5) is 11.4 Å². The van der Waals surface area contributed by atoms with Crippen molar-refractivity contribution in [2.24, 2.45) is 5.92 Å². The van der Waals surface area contributed by atoms with E-state index in [1.807, 2.05) is 28.9 Å². The van der Waals surface area contributed by atoms with Gasteiger partial charge in [-0.1, -0.05) is 25.1 Å². The highest BCUT2D eigenvalue weighted by Crippen LogP contribution is 2.30. The zero-order chi connectivity index (χ0) is 20.7. The molecule has 3 aromatic rings. The number of aryl methyl sites for hydroxylation is 1. The molecular weight excluding hydrogens is 372 g/mol. The summed E-state index contributed by atoms with van der Waals surface area (Å²) in [6, 6.07) is 16.4. The van der Waals surface area contributed by atoms with E-state index in [0.717, 1.165) is 60.8 Å². The van der Waals surface area contributed by atoms with E-state index in [4.69, 9.17) is 5.10 Å². The number of anilines is 2. The summed E-state index contributed by atoms with van der Waals surface area (Å²) in [5.74, 6) is 0.623. The number of carbonyl (C=O) groups is 1. The lowest BCUT2D eigenvalue weighted by Gasteiger charge is -2.18. The van der Waals surface area contributed by atoms with E-state index in [0.29, 0.717) is 5.69 Å². The van der Waals surface area contributed by atoms with Gasteiger partial charge in [0.15, 0.2) is 5.69 Å². The Morgan fingerprint density at radius 3 is 2.63 bits per heavy atom. The fraction of sp³-hybridized carbons (Fsp3) is 0.360.